The van der Waals surface area contributed by atoms with E-state index in [1.165, 1.54) is 0 Å². The Labute approximate surface area is 104 Å². The number of hydrogen-bond donors (Lipinski definition) is 2. The largest absolute Gasteiger partial charge is 0.507 e. The van der Waals surface area contributed by atoms with Crippen molar-refractivity contribution in [2.24, 2.45) is 0 Å². The number of rotatable bonds is 1. The van der Waals surface area contributed by atoms with Crippen molar-refractivity contribution in [1.29, 1.82) is 0 Å². The maximum Gasteiger partial charge on any atom is 0.132 e. The van der Waals surface area contributed by atoms with Crippen LogP contribution in [0.2, 0.25) is 0 Å². The summed E-state index contributed by atoms with van der Waals surface area (Å²) in [5.74, 6) is 0.385. The second-order valence-corrected chi connectivity index (χ2v) is 4.22. The van der Waals surface area contributed by atoms with Crippen LogP contribution >= 0.6 is 0 Å². The van der Waals surface area contributed by atoms with Crippen LogP contribution < -0.4 is 0 Å². The Bertz CT molecular complexity index is 773. The van der Waals surface area contributed by atoms with Gasteiger partial charge in [-0.1, -0.05) is 55.1 Å². The molecule has 2 nitrogen and oxygen atoms in total. The van der Waals surface area contributed by atoms with Crippen LogP contribution in [0.5, 0.6) is 11.5 Å². The average molecular weight is 236 g/mol. The third kappa shape index (κ3) is 1.29. The highest BCUT2D eigenvalue weighted by molar-refractivity contribution is 6.12. The fourth-order valence-corrected chi connectivity index (χ4v) is 2.38. The number of hydrogen-bond acceptors (Lipinski definition) is 2. The van der Waals surface area contributed by atoms with Crippen LogP contribution in [-0.4, -0.2) is 10.2 Å². The zero-order valence-electron chi connectivity index (χ0n) is 9.72. The van der Waals surface area contributed by atoms with Gasteiger partial charge in [0.15, 0.2) is 0 Å². The molecular formula is C16H12O2. The van der Waals surface area contributed by atoms with E-state index in [0.717, 1.165) is 5.56 Å². The molecule has 0 saturated heterocycles. The minimum atomic E-state index is 0.189. The molecule has 0 aliphatic carbocycles. The normalized spacial score (nSPS) is 10.9. The average Bonchev–Trinajstić information content (AvgIpc) is 2.44. The van der Waals surface area contributed by atoms with Crippen molar-refractivity contribution in [3.8, 4) is 11.5 Å². The zero-order valence-corrected chi connectivity index (χ0v) is 9.72. The molecule has 3 aromatic rings. The maximum absolute atomic E-state index is 10.4. The third-order valence-electron chi connectivity index (χ3n) is 3.25. The molecule has 0 radical (unpaired) electrons. The van der Waals surface area contributed by atoms with Crippen LogP contribution in [0.1, 0.15) is 5.56 Å². The standard InChI is InChI=1S/C16H12O2/c1-2-10-6-5-9-13-14(10)16(18)12-8-4-3-7-11(12)15(13)17/h2-9,17-18H,1H2. The van der Waals surface area contributed by atoms with E-state index in [2.05, 4.69) is 6.58 Å². The van der Waals surface area contributed by atoms with E-state index in [9.17, 15) is 10.2 Å². The Balaban J connectivity index is 2.67. The van der Waals surface area contributed by atoms with Crippen molar-refractivity contribution in [3.05, 3.63) is 54.6 Å². The Morgan fingerprint density at radius 1 is 0.778 bits per heavy atom. The highest BCUT2D eigenvalue weighted by atomic mass is 16.3. The van der Waals surface area contributed by atoms with E-state index in [1.807, 2.05) is 24.3 Å². The van der Waals surface area contributed by atoms with Gasteiger partial charge in [-0.2, -0.15) is 0 Å². The predicted molar refractivity (Wildman–Crippen MR) is 74.9 cm³/mol. The fraction of sp³-hybridized carbons (Fsp3) is 0. The first-order valence-corrected chi connectivity index (χ1v) is 5.72. The van der Waals surface area contributed by atoms with Crippen LogP contribution in [0.25, 0.3) is 27.6 Å². The van der Waals surface area contributed by atoms with Crippen LogP contribution in [0, 0.1) is 0 Å². The number of phenols is 2. The van der Waals surface area contributed by atoms with E-state index < -0.39 is 0 Å². The molecule has 0 atom stereocenters. The number of benzene rings is 3. The summed E-state index contributed by atoms with van der Waals surface area (Å²) in [7, 11) is 0. The minimum Gasteiger partial charge on any atom is -0.507 e. The van der Waals surface area contributed by atoms with Gasteiger partial charge in [-0.15, -0.1) is 0 Å². The monoisotopic (exact) mass is 236 g/mol. The van der Waals surface area contributed by atoms with Gasteiger partial charge in [-0.3, -0.25) is 0 Å². The molecule has 0 unspecified atom stereocenters. The summed E-state index contributed by atoms with van der Waals surface area (Å²) in [6, 6.07) is 12.8. The van der Waals surface area contributed by atoms with Gasteiger partial charge in [0.25, 0.3) is 0 Å². The molecule has 3 aromatic carbocycles. The van der Waals surface area contributed by atoms with E-state index >= 15 is 0 Å². The molecule has 0 heterocycles. The van der Waals surface area contributed by atoms with Gasteiger partial charge in [0.2, 0.25) is 0 Å². The second kappa shape index (κ2) is 3.77. The van der Waals surface area contributed by atoms with Gasteiger partial charge >= 0.3 is 0 Å². The summed E-state index contributed by atoms with van der Waals surface area (Å²) >= 11 is 0. The zero-order chi connectivity index (χ0) is 12.7. The van der Waals surface area contributed by atoms with E-state index in [0.29, 0.717) is 21.5 Å². The van der Waals surface area contributed by atoms with Crippen molar-refractivity contribution in [1.82, 2.24) is 0 Å². The molecule has 0 aliphatic rings. The van der Waals surface area contributed by atoms with Crippen LogP contribution in [0.4, 0.5) is 0 Å². The molecule has 0 spiro atoms. The lowest BCUT2D eigenvalue weighted by molar-refractivity contribution is 0.478. The summed E-state index contributed by atoms with van der Waals surface area (Å²) in [5.41, 5.74) is 0.811. The van der Waals surface area contributed by atoms with E-state index in [-0.39, 0.29) is 11.5 Å². The third-order valence-corrected chi connectivity index (χ3v) is 3.25. The summed E-state index contributed by atoms with van der Waals surface area (Å²) < 4.78 is 0. The molecule has 0 aromatic heterocycles. The van der Waals surface area contributed by atoms with Gasteiger partial charge < -0.3 is 10.2 Å². The molecule has 3 rings (SSSR count). The fourth-order valence-electron chi connectivity index (χ4n) is 2.38. The summed E-state index contributed by atoms with van der Waals surface area (Å²) in [6.07, 6.45) is 1.68. The van der Waals surface area contributed by atoms with Crippen molar-refractivity contribution in [2.45, 2.75) is 0 Å². The van der Waals surface area contributed by atoms with Gasteiger partial charge in [-0.25, -0.2) is 0 Å². The quantitative estimate of drug-likeness (QED) is 0.494. The molecule has 2 N–H and O–H groups in total. The number of phenolic OH excluding ortho intramolecular Hbond substituents is 2. The van der Waals surface area contributed by atoms with Crippen molar-refractivity contribution in [2.75, 3.05) is 0 Å². The lowest BCUT2D eigenvalue weighted by Gasteiger charge is -2.11. The first kappa shape index (κ1) is 10.7. The Hall–Kier alpha value is -2.48. The van der Waals surface area contributed by atoms with E-state index in [4.69, 9.17) is 0 Å². The highest BCUT2D eigenvalue weighted by Gasteiger charge is 2.13. The predicted octanol–water partition coefficient (Wildman–Crippen LogP) is 4.05. The van der Waals surface area contributed by atoms with E-state index in [1.54, 1.807) is 24.3 Å². The first-order valence-electron chi connectivity index (χ1n) is 5.72. The number of aromatic hydroxyl groups is 2. The molecule has 0 amide bonds. The summed E-state index contributed by atoms with van der Waals surface area (Å²) in [5, 5.41) is 23.3. The molecule has 18 heavy (non-hydrogen) atoms. The SMILES string of the molecule is C=Cc1cccc2c(O)c3ccccc3c(O)c12. The first-order chi connectivity index (χ1) is 8.74. The van der Waals surface area contributed by atoms with Gasteiger partial charge in [0.05, 0.1) is 0 Å². The van der Waals surface area contributed by atoms with Gasteiger partial charge in [0.1, 0.15) is 11.5 Å². The highest BCUT2D eigenvalue weighted by Crippen LogP contribution is 2.42. The Morgan fingerprint density at radius 2 is 1.39 bits per heavy atom. The molecule has 88 valence electrons. The molecular weight excluding hydrogens is 224 g/mol. The smallest absolute Gasteiger partial charge is 0.132 e. The maximum atomic E-state index is 10.4. The Morgan fingerprint density at radius 3 is 2.06 bits per heavy atom. The van der Waals surface area contributed by atoms with Crippen molar-refractivity contribution in [3.63, 3.8) is 0 Å². The molecule has 0 fully saturated rings. The molecule has 2 heteroatoms. The lowest BCUT2D eigenvalue weighted by Crippen LogP contribution is -1.84. The molecule has 0 aliphatic heterocycles. The lowest BCUT2D eigenvalue weighted by atomic mass is 9.97. The minimum absolute atomic E-state index is 0.189. The molecule has 0 saturated carbocycles. The summed E-state index contributed by atoms with van der Waals surface area (Å²) in [6.45, 7) is 3.74. The topological polar surface area (TPSA) is 40.5 Å². The van der Waals surface area contributed by atoms with Gasteiger partial charge in [-0.05, 0) is 5.56 Å². The van der Waals surface area contributed by atoms with Crippen molar-refractivity contribution >= 4 is 27.6 Å². The van der Waals surface area contributed by atoms with Crippen LogP contribution in [0.3, 0.4) is 0 Å². The van der Waals surface area contributed by atoms with Crippen LogP contribution in [-0.2, 0) is 0 Å². The van der Waals surface area contributed by atoms with Crippen molar-refractivity contribution < 1.29 is 10.2 Å². The summed E-state index contributed by atoms with van der Waals surface area (Å²) in [4.78, 5) is 0. The van der Waals surface area contributed by atoms with Gasteiger partial charge in [0, 0.05) is 21.5 Å². The Kier molecular flexibility index (Phi) is 2.23. The number of fused-ring (bicyclic) bond motifs is 2. The second-order valence-electron chi connectivity index (χ2n) is 4.22. The molecule has 0 bridgehead atoms. The van der Waals surface area contributed by atoms with Crippen LogP contribution in [0.15, 0.2) is 49.0 Å².